The first-order chi connectivity index (χ1) is 13.6. The number of para-hydroxylation sites is 1. The molecule has 3 heterocycles. The van der Waals surface area contributed by atoms with Gasteiger partial charge in [-0.1, -0.05) is 48.0 Å². The van der Waals surface area contributed by atoms with E-state index in [9.17, 15) is 9.59 Å². The van der Waals surface area contributed by atoms with Crippen molar-refractivity contribution in [2.24, 2.45) is 0 Å². The van der Waals surface area contributed by atoms with E-state index in [0.717, 1.165) is 11.1 Å². The van der Waals surface area contributed by atoms with Gasteiger partial charge in [0.1, 0.15) is 11.4 Å². The summed E-state index contributed by atoms with van der Waals surface area (Å²) in [5, 5.41) is 0.467. The monoisotopic (exact) mass is 368 g/mol. The Morgan fingerprint density at radius 1 is 0.929 bits per heavy atom. The molecule has 2 aromatic carbocycles. The van der Waals surface area contributed by atoms with Gasteiger partial charge < -0.3 is 4.42 Å². The molecule has 0 aliphatic carbocycles. The minimum absolute atomic E-state index is 0.0833. The third-order valence-electron chi connectivity index (χ3n) is 5.07. The molecular weight excluding hydrogens is 352 g/mol. The van der Waals surface area contributed by atoms with Crippen LogP contribution in [0.25, 0.3) is 11.0 Å². The Labute approximate surface area is 160 Å². The molecule has 1 amide bonds. The summed E-state index contributed by atoms with van der Waals surface area (Å²) in [6, 6.07) is 19.6. The minimum atomic E-state index is -0.584. The van der Waals surface area contributed by atoms with Gasteiger partial charge in [-0.2, -0.15) is 0 Å². The number of aryl methyl sites for hydroxylation is 1. The topological polar surface area (TPSA) is 63.4 Å². The summed E-state index contributed by atoms with van der Waals surface area (Å²) < 4.78 is 5.91. The predicted molar refractivity (Wildman–Crippen MR) is 107 cm³/mol. The number of amides is 1. The van der Waals surface area contributed by atoms with Crippen LogP contribution < -0.4 is 10.3 Å². The average molecular weight is 368 g/mol. The Bertz CT molecular complexity index is 1260. The van der Waals surface area contributed by atoms with E-state index in [4.69, 9.17) is 4.42 Å². The molecule has 1 aliphatic rings. The second-order valence-electron chi connectivity index (χ2n) is 6.85. The molecule has 0 N–H and O–H groups in total. The van der Waals surface area contributed by atoms with Gasteiger partial charge in [0.15, 0.2) is 5.43 Å². The Hall–Kier alpha value is -3.73. The number of hydrogen-bond acceptors (Lipinski definition) is 4. The van der Waals surface area contributed by atoms with Crippen LogP contribution in [0.5, 0.6) is 0 Å². The molecule has 0 saturated carbocycles. The molecule has 5 nitrogen and oxygen atoms in total. The van der Waals surface area contributed by atoms with Gasteiger partial charge in [0, 0.05) is 6.20 Å². The Kier molecular flexibility index (Phi) is 3.62. The fourth-order valence-corrected chi connectivity index (χ4v) is 3.72. The van der Waals surface area contributed by atoms with Crippen molar-refractivity contribution in [3.8, 4) is 0 Å². The smallest absolute Gasteiger partial charge is 0.296 e. The normalized spacial score (nSPS) is 15.8. The first-order valence-corrected chi connectivity index (χ1v) is 9.02. The van der Waals surface area contributed by atoms with Gasteiger partial charge in [0.25, 0.3) is 5.91 Å². The number of aromatic nitrogens is 1. The van der Waals surface area contributed by atoms with Gasteiger partial charge in [-0.15, -0.1) is 0 Å². The molecule has 4 aromatic rings. The van der Waals surface area contributed by atoms with Crippen LogP contribution in [-0.4, -0.2) is 10.9 Å². The highest BCUT2D eigenvalue weighted by atomic mass is 16.3. The number of anilines is 1. The lowest BCUT2D eigenvalue weighted by Crippen LogP contribution is -2.30. The lowest BCUT2D eigenvalue weighted by molar-refractivity contribution is 0.0970. The van der Waals surface area contributed by atoms with Crippen LogP contribution in [0.15, 0.2) is 82.1 Å². The van der Waals surface area contributed by atoms with Gasteiger partial charge in [-0.3, -0.25) is 14.5 Å². The molecule has 2 aromatic heterocycles. The molecule has 1 atom stereocenters. The summed E-state index contributed by atoms with van der Waals surface area (Å²) >= 11 is 0. The van der Waals surface area contributed by atoms with Gasteiger partial charge >= 0.3 is 0 Å². The highest BCUT2D eigenvalue weighted by molar-refractivity contribution is 6.10. The Balaban J connectivity index is 1.83. The molecule has 1 aliphatic heterocycles. The van der Waals surface area contributed by atoms with Crippen molar-refractivity contribution in [2.45, 2.75) is 13.0 Å². The molecule has 5 heteroatoms. The number of pyridine rings is 1. The van der Waals surface area contributed by atoms with Gasteiger partial charge in [-0.25, -0.2) is 4.98 Å². The maximum atomic E-state index is 13.3. The third kappa shape index (κ3) is 2.36. The zero-order valence-corrected chi connectivity index (χ0v) is 15.1. The molecule has 136 valence electrons. The zero-order valence-electron chi connectivity index (χ0n) is 15.1. The van der Waals surface area contributed by atoms with Crippen molar-refractivity contribution in [3.63, 3.8) is 0 Å². The van der Waals surface area contributed by atoms with Crippen molar-refractivity contribution in [1.29, 1.82) is 0 Å². The first kappa shape index (κ1) is 16.4. The maximum Gasteiger partial charge on any atom is 0.296 e. The third-order valence-corrected chi connectivity index (χ3v) is 5.07. The van der Waals surface area contributed by atoms with E-state index in [-0.39, 0.29) is 17.1 Å². The molecule has 5 rings (SSSR count). The first-order valence-electron chi connectivity index (χ1n) is 9.02. The van der Waals surface area contributed by atoms with E-state index in [1.54, 1.807) is 47.5 Å². The highest BCUT2D eigenvalue weighted by Crippen LogP contribution is 2.40. The van der Waals surface area contributed by atoms with Crippen LogP contribution in [0.2, 0.25) is 0 Å². The van der Waals surface area contributed by atoms with E-state index in [0.29, 0.717) is 22.4 Å². The zero-order chi connectivity index (χ0) is 19.3. The van der Waals surface area contributed by atoms with Crippen molar-refractivity contribution in [3.05, 3.63) is 106 Å². The van der Waals surface area contributed by atoms with Gasteiger partial charge in [-0.05, 0) is 36.8 Å². The number of nitrogens with zero attached hydrogens (tertiary/aromatic N) is 2. The number of fused-ring (bicyclic) bond motifs is 2. The van der Waals surface area contributed by atoms with Crippen LogP contribution in [0.1, 0.15) is 33.3 Å². The fraction of sp³-hybridized carbons (Fsp3) is 0.0870. The fourth-order valence-electron chi connectivity index (χ4n) is 3.72. The van der Waals surface area contributed by atoms with Crippen LogP contribution >= 0.6 is 0 Å². The van der Waals surface area contributed by atoms with Gasteiger partial charge in [0.05, 0.1) is 17.0 Å². The molecule has 0 fully saturated rings. The number of benzene rings is 2. The summed E-state index contributed by atoms with van der Waals surface area (Å²) in [5.74, 6) is 0.204. The van der Waals surface area contributed by atoms with E-state index < -0.39 is 6.04 Å². The van der Waals surface area contributed by atoms with E-state index in [1.165, 1.54) is 0 Å². The standard InChI is InChI=1S/C23H16N2O3/c1-14-9-11-15(12-10-14)20-19-21(26)16-6-2-3-7-17(16)28-22(19)23(27)25(20)18-8-4-5-13-24-18/h2-13,20H,1H3/t20-/m1/s1. The quantitative estimate of drug-likeness (QED) is 0.531. The maximum absolute atomic E-state index is 13.3. The molecule has 0 radical (unpaired) electrons. The number of carbonyl (C=O) groups excluding carboxylic acids is 1. The van der Waals surface area contributed by atoms with Crippen LogP contribution in [-0.2, 0) is 0 Å². The molecule has 0 spiro atoms. The summed E-state index contributed by atoms with van der Waals surface area (Å²) in [7, 11) is 0. The Morgan fingerprint density at radius 2 is 1.68 bits per heavy atom. The van der Waals surface area contributed by atoms with Crippen molar-refractivity contribution >= 4 is 22.7 Å². The second-order valence-corrected chi connectivity index (χ2v) is 6.85. The predicted octanol–water partition coefficient (Wildman–Crippen LogP) is 4.25. The minimum Gasteiger partial charge on any atom is -0.450 e. The molecule has 0 unspecified atom stereocenters. The van der Waals surface area contributed by atoms with Crippen molar-refractivity contribution < 1.29 is 9.21 Å². The lowest BCUT2D eigenvalue weighted by atomic mass is 9.98. The molecule has 0 saturated heterocycles. The van der Waals surface area contributed by atoms with Crippen LogP contribution in [0.3, 0.4) is 0 Å². The van der Waals surface area contributed by atoms with E-state index >= 15 is 0 Å². The molecule has 28 heavy (non-hydrogen) atoms. The van der Waals surface area contributed by atoms with Crippen LogP contribution in [0, 0.1) is 6.92 Å². The summed E-state index contributed by atoms with van der Waals surface area (Å²) in [6.45, 7) is 2.00. The van der Waals surface area contributed by atoms with Crippen molar-refractivity contribution in [2.75, 3.05) is 4.90 Å². The Morgan fingerprint density at radius 3 is 2.43 bits per heavy atom. The molecular formula is C23H16N2O3. The summed E-state index contributed by atoms with van der Waals surface area (Å²) in [4.78, 5) is 32.5. The van der Waals surface area contributed by atoms with E-state index in [2.05, 4.69) is 4.98 Å². The largest absolute Gasteiger partial charge is 0.450 e. The van der Waals surface area contributed by atoms with Gasteiger partial charge in [0.2, 0.25) is 5.76 Å². The van der Waals surface area contributed by atoms with E-state index in [1.807, 2.05) is 37.3 Å². The number of hydrogen-bond donors (Lipinski definition) is 0. The number of carbonyl (C=O) groups is 1. The highest BCUT2D eigenvalue weighted by Gasteiger charge is 2.44. The summed E-state index contributed by atoms with van der Waals surface area (Å²) in [5.41, 5.74) is 2.52. The SMILES string of the molecule is Cc1ccc([C@@H]2c3c(oc4ccccc4c3=O)C(=O)N2c2ccccn2)cc1. The van der Waals surface area contributed by atoms with Crippen LogP contribution in [0.4, 0.5) is 5.82 Å². The lowest BCUT2D eigenvalue weighted by Gasteiger charge is -2.24. The van der Waals surface area contributed by atoms with Crippen molar-refractivity contribution in [1.82, 2.24) is 4.98 Å². The summed E-state index contributed by atoms with van der Waals surface area (Å²) in [6.07, 6.45) is 1.63. The number of rotatable bonds is 2. The average Bonchev–Trinajstić information content (AvgIpc) is 3.02. The molecule has 0 bridgehead atoms. The second kappa shape index (κ2) is 6.16.